The molecule has 3 N–H and O–H groups in total. The molecule has 0 saturated carbocycles. The van der Waals surface area contributed by atoms with Crippen LogP contribution in [0.3, 0.4) is 0 Å². The molecule has 0 bridgehead atoms. The summed E-state index contributed by atoms with van der Waals surface area (Å²) in [5.41, 5.74) is 8.70. The van der Waals surface area contributed by atoms with Crippen LogP contribution in [0, 0.1) is 6.92 Å². The molecular formula is C26H23N3O3. The third kappa shape index (κ3) is 4.66. The topological polar surface area (TPSA) is 94.3 Å². The minimum absolute atomic E-state index is 0.145. The SMILES string of the molecule is Cc1ccccc1C(=O)Oc1ccc(C(CN)C(=O)Nc2ccc3cnccc3c2)cc1. The van der Waals surface area contributed by atoms with E-state index in [0.29, 0.717) is 17.0 Å². The average Bonchev–Trinajstić information content (AvgIpc) is 2.81. The van der Waals surface area contributed by atoms with Crippen LogP contribution in [0.15, 0.2) is 85.2 Å². The molecule has 160 valence electrons. The van der Waals surface area contributed by atoms with Crippen molar-refractivity contribution in [3.05, 3.63) is 102 Å². The number of anilines is 1. The van der Waals surface area contributed by atoms with E-state index in [4.69, 9.17) is 10.5 Å². The Hall–Kier alpha value is -4.03. The molecule has 0 saturated heterocycles. The summed E-state index contributed by atoms with van der Waals surface area (Å²) in [7, 11) is 0. The highest BCUT2D eigenvalue weighted by Gasteiger charge is 2.20. The first kappa shape index (κ1) is 21.2. The van der Waals surface area contributed by atoms with Gasteiger partial charge in [-0.1, -0.05) is 36.4 Å². The van der Waals surface area contributed by atoms with Gasteiger partial charge in [0.15, 0.2) is 0 Å². The molecule has 1 aromatic heterocycles. The fourth-order valence-corrected chi connectivity index (χ4v) is 3.52. The van der Waals surface area contributed by atoms with Crippen molar-refractivity contribution < 1.29 is 14.3 Å². The summed E-state index contributed by atoms with van der Waals surface area (Å²) < 4.78 is 5.47. The molecular weight excluding hydrogens is 402 g/mol. The number of ether oxygens (including phenoxy) is 1. The predicted molar refractivity (Wildman–Crippen MR) is 125 cm³/mol. The van der Waals surface area contributed by atoms with Gasteiger partial charge in [-0.25, -0.2) is 4.79 Å². The van der Waals surface area contributed by atoms with E-state index < -0.39 is 11.9 Å². The van der Waals surface area contributed by atoms with Crippen molar-refractivity contribution in [1.82, 2.24) is 4.98 Å². The van der Waals surface area contributed by atoms with Crippen LogP contribution in [0.5, 0.6) is 5.75 Å². The van der Waals surface area contributed by atoms with E-state index in [9.17, 15) is 9.59 Å². The number of pyridine rings is 1. The summed E-state index contributed by atoms with van der Waals surface area (Å²) in [6.07, 6.45) is 3.49. The molecule has 0 aliphatic rings. The van der Waals surface area contributed by atoms with Gasteiger partial charge in [-0.05, 0) is 59.8 Å². The van der Waals surface area contributed by atoms with Crippen molar-refractivity contribution in [2.75, 3.05) is 11.9 Å². The monoisotopic (exact) mass is 425 g/mol. The minimum Gasteiger partial charge on any atom is -0.423 e. The molecule has 1 amide bonds. The Balaban J connectivity index is 1.45. The summed E-state index contributed by atoms with van der Waals surface area (Å²) in [6.45, 7) is 2.00. The molecule has 6 nitrogen and oxygen atoms in total. The Morgan fingerprint density at radius 3 is 2.53 bits per heavy atom. The molecule has 0 aliphatic heterocycles. The van der Waals surface area contributed by atoms with Crippen LogP contribution in [-0.2, 0) is 4.79 Å². The molecule has 0 radical (unpaired) electrons. The first-order valence-electron chi connectivity index (χ1n) is 10.3. The molecule has 0 fully saturated rings. The summed E-state index contributed by atoms with van der Waals surface area (Å²) in [6, 6.07) is 21.6. The Bertz CT molecular complexity index is 1270. The fourth-order valence-electron chi connectivity index (χ4n) is 3.52. The van der Waals surface area contributed by atoms with E-state index in [2.05, 4.69) is 10.3 Å². The van der Waals surface area contributed by atoms with Crippen LogP contribution in [-0.4, -0.2) is 23.4 Å². The zero-order chi connectivity index (χ0) is 22.5. The summed E-state index contributed by atoms with van der Waals surface area (Å²) in [5.74, 6) is -0.758. The van der Waals surface area contributed by atoms with Crippen LogP contribution in [0.1, 0.15) is 27.4 Å². The Kier molecular flexibility index (Phi) is 6.24. The number of nitrogens with two attached hydrogens (primary N) is 1. The number of carbonyl (C=O) groups excluding carboxylic acids is 2. The van der Waals surface area contributed by atoms with Crippen LogP contribution in [0.4, 0.5) is 5.69 Å². The molecule has 6 heteroatoms. The maximum absolute atomic E-state index is 12.9. The number of fused-ring (bicyclic) bond motifs is 1. The van der Waals surface area contributed by atoms with Crippen LogP contribution in [0.2, 0.25) is 0 Å². The molecule has 1 atom stereocenters. The van der Waals surface area contributed by atoms with Gasteiger partial charge in [-0.3, -0.25) is 9.78 Å². The highest BCUT2D eigenvalue weighted by molar-refractivity contribution is 5.98. The first-order chi connectivity index (χ1) is 15.5. The van der Waals surface area contributed by atoms with Crippen molar-refractivity contribution in [2.45, 2.75) is 12.8 Å². The van der Waals surface area contributed by atoms with Crippen LogP contribution < -0.4 is 15.8 Å². The standard InChI is InChI=1S/C26H23N3O3/c1-17-4-2-3-5-23(17)26(31)32-22-10-7-18(8-11-22)24(15-27)25(30)29-21-9-6-20-16-28-13-12-19(20)14-21/h2-14,16,24H,15,27H2,1H3,(H,29,30). The van der Waals surface area contributed by atoms with Crippen molar-refractivity contribution >= 4 is 28.3 Å². The predicted octanol–water partition coefficient (Wildman–Crippen LogP) is 4.44. The third-order valence-corrected chi connectivity index (χ3v) is 5.32. The van der Waals surface area contributed by atoms with Gasteiger partial charge in [0.2, 0.25) is 5.91 Å². The highest BCUT2D eigenvalue weighted by Crippen LogP contribution is 2.23. The van der Waals surface area contributed by atoms with Crippen molar-refractivity contribution in [3.63, 3.8) is 0 Å². The van der Waals surface area contributed by atoms with E-state index in [0.717, 1.165) is 21.9 Å². The number of rotatable bonds is 6. The lowest BCUT2D eigenvalue weighted by Crippen LogP contribution is -2.27. The van der Waals surface area contributed by atoms with Crippen LogP contribution >= 0.6 is 0 Å². The van der Waals surface area contributed by atoms with Crippen molar-refractivity contribution in [3.8, 4) is 5.75 Å². The Morgan fingerprint density at radius 1 is 1.00 bits per heavy atom. The molecule has 1 heterocycles. The molecule has 0 aliphatic carbocycles. The number of hydrogen-bond acceptors (Lipinski definition) is 5. The lowest BCUT2D eigenvalue weighted by atomic mass is 9.98. The number of esters is 1. The maximum Gasteiger partial charge on any atom is 0.343 e. The number of hydrogen-bond donors (Lipinski definition) is 2. The van der Waals surface area contributed by atoms with E-state index >= 15 is 0 Å². The number of nitrogens with one attached hydrogen (secondary N) is 1. The van der Waals surface area contributed by atoms with Gasteiger partial charge in [0, 0.05) is 30.0 Å². The summed E-state index contributed by atoms with van der Waals surface area (Å²) in [5, 5.41) is 4.92. The Morgan fingerprint density at radius 2 is 1.78 bits per heavy atom. The van der Waals surface area contributed by atoms with Gasteiger partial charge in [-0.2, -0.15) is 0 Å². The van der Waals surface area contributed by atoms with Gasteiger partial charge < -0.3 is 15.8 Å². The lowest BCUT2D eigenvalue weighted by Gasteiger charge is -2.16. The molecule has 0 spiro atoms. The molecule has 3 aromatic carbocycles. The van der Waals surface area contributed by atoms with E-state index in [-0.39, 0.29) is 12.5 Å². The zero-order valence-electron chi connectivity index (χ0n) is 17.6. The van der Waals surface area contributed by atoms with E-state index in [1.165, 1.54) is 0 Å². The largest absolute Gasteiger partial charge is 0.423 e. The summed E-state index contributed by atoms with van der Waals surface area (Å²) >= 11 is 0. The molecule has 32 heavy (non-hydrogen) atoms. The minimum atomic E-state index is -0.538. The number of amides is 1. The molecule has 4 aromatic rings. The second-order valence-electron chi connectivity index (χ2n) is 7.49. The lowest BCUT2D eigenvalue weighted by molar-refractivity contribution is -0.117. The normalized spacial score (nSPS) is 11.7. The van der Waals surface area contributed by atoms with Gasteiger partial charge in [0.05, 0.1) is 11.5 Å². The average molecular weight is 425 g/mol. The maximum atomic E-state index is 12.9. The number of benzene rings is 3. The van der Waals surface area contributed by atoms with E-state index in [1.54, 1.807) is 48.8 Å². The quantitative estimate of drug-likeness (QED) is 0.352. The number of nitrogens with zero attached hydrogens (tertiary/aromatic N) is 1. The second-order valence-corrected chi connectivity index (χ2v) is 7.49. The highest BCUT2D eigenvalue weighted by atomic mass is 16.5. The number of carbonyl (C=O) groups is 2. The van der Waals surface area contributed by atoms with Gasteiger partial charge in [0.25, 0.3) is 0 Å². The van der Waals surface area contributed by atoms with Crippen LogP contribution in [0.25, 0.3) is 10.8 Å². The Labute approximate surface area is 186 Å². The van der Waals surface area contributed by atoms with Crippen molar-refractivity contribution in [1.29, 1.82) is 0 Å². The zero-order valence-corrected chi connectivity index (χ0v) is 17.6. The fraction of sp³-hybridized carbons (Fsp3) is 0.115. The van der Waals surface area contributed by atoms with Crippen molar-refractivity contribution in [2.24, 2.45) is 5.73 Å². The summed E-state index contributed by atoms with van der Waals surface area (Å²) in [4.78, 5) is 29.4. The first-order valence-corrected chi connectivity index (χ1v) is 10.3. The number of aromatic nitrogens is 1. The smallest absolute Gasteiger partial charge is 0.343 e. The third-order valence-electron chi connectivity index (χ3n) is 5.32. The second kappa shape index (κ2) is 9.41. The van der Waals surface area contributed by atoms with E-state index in [1.807, 2.05) is 43.3 Å². The van der Waals surface area contributed by atoms with Gasteiger partial charge in [0.1, 0.15) is 5.75 Å². The molecule has 4 rings (SSSR count). The number of aryl methyl sites for hydroxylation is 1. The molecule has 1 unspecified atom stereocenters. The van der Waals surface area contributed by atoms with Gasteiger partial charge in [-0.15, -0.1) is 0 Å². The van der Waals surface area contributed by atoms with Gasteiger partial charge >= 0.3 is 5.97 Å².